The molecule has 126 valence electrons. The van der Waals surface area contributed by atoms with Gasteiger partial charge in [0, 0.05) is 17.2 Å². The number of hydrogen-bond acceptors (Lipinski definition) is 5. The molecule has 7 heteroatoms. The van der Waals surface area contributed by atoms with Crippen molar-refractivity contribution < 1.29 is 23.3 Å². The molecule has 0 aliphatic heterocycles. The molecule has 2 atom stereocenters. The van der Waals surface area contributed by atoms with E-state index >= 15 is 0 Å². The summed E-state index contributed by atoms with van der Waals surface area (Å²) in [7, 11) is -0.200. The lowest BCUT2D eigenvalue weighted by Gasteiger charge is -2.14. The van der Waals surface area contributed by atoms with Crippen molar-refractivity contribution in [1.29, 1.82) is 0 Å². The number of amides is 2. The van der Waals surface area contributed by atoms with Gasteiger partial charge in [0.2, 0.25) is 11.8 Å². The Morgan fingerprint density at radius 3 is 2.35 bits per heavy atom. The van der Waals surface area contributed by atoms with Crippen LogP contribution in [0, 0.1) is 0 Å². The number of carbonyl (C=O) groups excluding carboxylic acids is 3. The number of ether oxygens (including phenoxy) is 1. The summed E-state index contributed by atoms with van der Waals surface area (Å²) in [5.41, 5.74) is 0.901. The predicted octanol–water partition coefficient (Wildman–Crippen LogP) is 1.48. The van der Waals surface area contributed by atoms with Crippen LogP contribution in [0.5, 0.6) is 0 Å². The smallest absolute Gasteiger partial charge is 0.306 e. The first-order chi connectivity index (χ1) is 11.0. The molecule has 1 rings (SSSR count). The van der Waals surface area contributed by atoms with Crippen LogP contribution in [0.15, 0.2) is 30.3 Å². The molecule has 2 unspecified atom stereocenters. The van der Waals surface area contributed by atoms with Crippen molar-refractivity contribution in [1.82, 2.24) is 5.32 Å². The van der Waals surface area contributed by atoms with Crippen molar-refractivity contribution in [3.05, 3.63) is 35.9 Å². The lowest BCUT2D eigenvalue weighted by Crippen LogP contribution is -2.34. The third-order valence-electron chi connectivity index (χ3n) is 3.20. The highest BCUT2D eigenvalue weighted by Crippen LogP contribution is 2.23. The molecule has 1 aromatic carbocycles. The Bertz CT molecular complexity index is 573. The number of hydrogen-bond donors (Lipinski definition) is 1. The number of benzene rings is 1. The minimum atomic E-state index is -1.43. The van der Waals surface area contributed by atoms with Crippen molar-refractivity contribution in [2.24, 2.45) is 0 Å². The van der Waals surface area contributed by atoms with E-state index in [1.165, 1.54) is 7.11 Å². The Hall–Kier alpha value is -2.02. The van der Waals surface area contributed by atoms with Crippen LogP contribution in [0.2, 0.25) is 0 Å². The zero-order chi connectivity index (χ0) is 17.2. The van der Waals surface area contributed by atoms with E-state index < -0.39 is 28.6 Å². The van der Waals surface area contributed by atoms with Gasteiger partial charge in [-0.2, -0.15) is 0 Å². The Kier molecular flexibility index (Phi) is 8.18. The number of methoxy groups -OCH3 is 1. The molecule has 0 radical (unpaired) electrons. The number of rotatable bonds is 8. The number of esters is 1. The second-order valence-electron chi connectivity index (χ2n) is 4.88. The first-order valence-corrected chi connectivity index (χ1v) is 8.67. The summed E-state index contributed by atoms with van der Waals surface area (Å²) in [6, 6.07) is 9.31. The summed E-state index contributed by atoms with van der Waals surface area (Å²) < 4.78 is 16.8. The largest absolute Gasteiger partial charge is 0.469 e. The summed E-state index contributed by atoms with van der Waals surface area (Å²) >= 11 is 0. The van der Waals surface area contributed by atoms with Gasteiger partial charge in [-0.25, -0.2) is 0 Å². The van der Waals surface area contributed by atoms with E-state index in [0.717, 1.165) is 5.56 Å². The lowest BCUT2D eigenvalue weighted by molar-refractivity contribution is -0.142. The minimum Gasteiger partial charge on any atom is -0.469 e. The van der Waals surface area contributed by atoms with E-state index in [9.17, 15) is 18.6 Å². The molecule has 0 saturated heterocycles. The second kappa shape index (κ2) is 9.89. The molecule has 1 N–H and O–H groups in total. The summed E-state index contributed by atoms with van der Waals surface area (Å²) in [4.78, 5) is 34.2. The monoisotopic (exact) mass is 339 g/mol. The van der Waals surface area contributed by atoms with Crippen LogP contribution in [0.25, 0.3) is 0 Å². The molecular weight excluding hydrogens is 318 g/mol. The zero-order valence-corrected chi connectivity index (χ0v) is 14.1. The number of imide groups is 1. The van der Waals surface area contributed by atoms with Gasteiger partial charge in [-0.05, 0) is 12.0 Å². The summed E-state index contributed by atoms with van der Waals surface area (Å²) in [6.07, 6.45) is 0.390. The number of nitrogens with one attached hydrogen (secondary N) is 1. The predicted molar refractivity (Wildman–Crippen MR) is 86.9 cm³/mol. The average Bonchev–Trinajstić information content (AvgIpc) is 2.54. The van der Waals surface area contributed by atoms with Crippen molar-refractivity contribution in [3.63, 3.8) is 0 Å². The van der Waals surface area contributed by atoms with E-state index in [2.05, 4.69) is 10.1 Å². The fourth-order valence-corrected chi connectivity index (χ4v) is 3.41. The van der Waals surface area contributed by atoms with Gasteiger partial charge >= 0.3 is 5.97 Å². The third kappa shape index (κ3) is 6.73. The van der Waals surface area contributed by atoms with Crippen LogP contribution in [0.4, 0.5) is 0 Å². The fourth-order valence-electron chi connectivity index (χ4n) is 2.04. The van der Waals surface area contributed by atoms with Crippen molar-refractivity contribution in [2.75, 3.05) is 12.9 Å². The highest BCUT2D eigenvalue weighted by Gasteiger charge is 2.20. The lowest BCUT2D eigenvalue weighted by atomic mass is 10.1. The van der Waals surface area contributed by atoms with E-state index in [1.807, 2.05) is 37.3 Å². The van der Waals surface area contributed by atoms with E-state index in [1.54, 1.807) is 0 Å². The van der Waals surface area contributed by atoms with Crippen LogP contribution in [-0.2, 0) is 29.9 Å². The molecule has 0 fully saturated rings. The van der Waals surface area contributed by atoms with Gasteiger partial charge in [-0.1, -0.05) is 37.3 Å². The molecule has 0 aromatic heterocycles. The first kappa shape index (κ1) is 19.0. The quantitative estimate of drug-likeness (QED) is 0.725. The average molecular weight is 339 g/mol. The minimum absolute atomic E-state index is 0.0969. The maximum absolute atomic E-state index is 12.3. The van der Waals surface area contributed by atoms with Gasteiger partial charge in [0.1, 0.15) is 5.75 Å². The van der Waals surface area contributed by atoms with Gasteiger partial charge in [-0.3, -0.25) is 23.9 Å². The van der Waals surface area contributed by atoms with Crippen LogP contribution in [0.3, 0.4) is 0 Å². The van der Waals surface area contributed by atoms with Crippen molar-refractivity contribution >= 4 is 28.6 Å². The molecule has 23 heavy (non-hydrogen) atoms. The maximum atomic E-state index is 12.3. The summed E-state index contributed by atoms with van der Waals surface area (Å²) in [5, 5.41) is 1.88. The summed E-state index contributed by atoms with van der Waals surface area (Å²) in [5.74, 6) is -1.96. The molecule has 0 saturated carbocycles. The van der Waals surface area contributed by atoms with Gasteiger partial charge in [0.05, 0.1) is 18.8 Å². The van der Waals surface area contributed by atoms with Gasteiger partial charge in [0.15, 0.2) is 0 Å². The summed E-state index contributed by atoms with van der Waals surface area (Å²) in [6.45, 7) is 1.90. The Morgan fingerprint density at radius 2 is 1.78 bits per heavy atom. The topological polar surface area (TPSA) is 89.5 Å². The Labute approximate surface area is 138 Å². The fraction of sp³-hybridized carbons (Fsp3) is 0.438. The zero-order valence-electron chi connectivity index (χ0n) is 13.2. The van der Waals surface area contributed by atoms with E-state index in [-0.39, 0.29) is 23.8 Å². The maximum Gasteiger partial charge on any atom is 0.306 e. The normalized spacial score (nSPS) is 13.0. The SMILES string of the molecule is CCC(c1ccccc1)S(=O)CC(=O)NC(=O)CCC(=O)OC. The Balaban J connectivity index is 2.51. The van der Waals surface area contributed by atoms with Crippen LogP contribution < -0.4 is 5.32 Å². The van der Waals surface area contributed by atoms with Crippen molar-refractivity contribution in [3.8, 4) is 0 Å². The molecule has 0 aliphatic carbocycles. The third-order valence-corrected chi connectivity index (χ3v) is 4.98. The highest BCUT2D eigenvalue weighted by atomic mass is 32.2. The molecule has 0 aliphatic rings. The van der Waals surface area contributed by atoms with Crippen LogP contribution in [0.1, 0.15) is 37.0 Å². The van der Waals surface area contributed by atoms with E-state index in [4.69, 9.17) is 0 Å². The van der Waals surface area contributed by atoms with Gasteiger partial charge in [-0.15, -0.1) is 0 Å². The second-order valence-corrected chi connectivity index (χ2v) is 6.50. The van der Waals surface area contributed by atoms with Gasteiger partial charge in [0.25, 0.3) is 0 Å². The highest BCUT2D eigenvalue weighted by molar-refractivity contribution is 7.86. The standard InChI is InChI=1S/C16H21NO5S/c1-3-13(12-7-5-4-6-8-12)23(21)11-15(19)17-14(18)9-10-16(20)22-2/h4-8,13H,3,9-11H2,1-2H3,(H,17,18,19). The van der Waals surface area contributed by atoms with Crippen molar-refractivity contribution in [2.45, 2.75) is 31.4 Å². The van der Waals surface area contributed by atoms with Crippen LogP contribution in [-0.4, -0.2) is 34.9 Å². The first-order valence-electron chi connectivity index (χ1n) is 7.29. The molecule has 0 bridgehead atoms. The molecule has 0 heterocycles. The molecule has 2 amide bonds. The van der Waals surface area contributed by atoms with E-state index in [0.29, 0.717) is 6.42 Å². The molecule has 6 nitrogen and oxygen atoms in total. The van der Waals surface area contributed by atoms with Gasteiger partial charge < -0.3 is 4.74 Å². The molecular formula is C16H21NO5S. The molecule has 1 aromatic rings. The molecule has 0 spiro atoms. The van der Waals surface area contributed by atoms with Crippen LogP contribution >= 0.6 is 0 Å². The Morgan fingerprint density at radius 1 is 1.13 bits per heavy atom. The number of carbonyl (C=O) groups is 3.